The Morgan fingerprint density at radius 3 is 2.56 bits per heavy atom. The molecule has 3 aromatic rings. The second-order valence-electron chi connectivity index (χ2n) is 9.38. The number of nitrogens with zero attached hydrogens (tertiary/aromatic N) is 6. The van der Waals surface area contributed by atoms with Crippen LogP contribution in [0.25, 0.3) is 0 Å². The van der Waals surface area contributed by atoms with Crippen molar-refractivity contribution < 1.29 is 9.53 Å². The zero-order valence-corrected chi connectivity index (χ0v) is 19.5. The number of hydrogen-bond donors (Lipinski definition) is 0. The van der Waals surface area contributed by atoms with Crippen molar-refractivity contribution in [1.82, 2.24) is 24.8 Å². The molecule has 0 bridgehead atoms. The van der Waals surface area contributed by atoms with E-state index in [4.69, 9.17) is 9.72 Å². The van der Waals surface area contributed by atoms with E-state index in [9.17, 15) is 4.79 Å². The van der Waals surface area contributed by atoms with Crippen molar-refractivity contribution in [2.24, 2.45) is 5.41 Å². The fourth-order valence-electron chi connectivity index (χ4n) is 4.87. The molecule has 0 saturated carbocycles. The second-order valence-corrected chi connectivity index (χ2v) is 9.38. The molecule has 1 amide bonds. The number of carbonyl (C=O) groups is 1. The number of amides is 1. The molecule has 8 nitrogen and oxygen atoms in total. The summed E-state index contributed by atoms with van der Waals surface area (Å²) in [5, 5.41) is 0. The zero-order chi connectivity index (χ0) is 23.4. The van der Waals surface area contributed by atoms with Crippen LogP contribution in [-0.4, -0.2) is 56.9 Å². The van der Waals surface area contributed by atoms with Crippen LogP contribution in [0.15, 0.2) is 61.2 Å². The van der Waals surface area contributed by atoms with Crippen LogP contribution in [0.4, 0.5) is 5.95 Å². The molecular formula is C26H30N6O2. The fraction of sp³-hybridized carbons (Fsp3) is 0.423. The Bertz CT molecular complexity index is 1100. The largest absolute Gasteiger partial charge is 0.437 e. The standard InChI is InChI=1S/C26H30N6O2/c1-26(10-15-31(16-11-26)25-28-12-6-13-29-25)24(33)32-14-5-7-20(19-32)22-17-27-18-23(30-22)34-21-8-3-2-4-9-21/h2-4,6,8-9,12-13,17-18,20H,5,7,10-11,14-16,19H2,1H3. The zero-order valence-electron chi connectivity index (χ0n) is 19.5. The van der Waals surface area contributed by atoms with Crippen molar-refractivity contribution in [1.29, 1.82) is 0 Å². The van der Waals surface area contributed by atoms with Gasteiger partial charge >= 0.3 is 0 Å². The van der Waals surface area contributed by atoms with Gasteiger partial charge in [0.1, 0.15) is 5.75 Å². The predicted molar refractivity (Wildman–Crippen MR) is 129 cm³/mol. The molecule has 0 spiro atoms. The molecule has 5 rings (SSSR count). The van der Waals surface area contributed by atoms with Gasteiger partial charge in [0, 0.05) is 56.1 Å². The van der Waals surface area contributed by atoms with E-state index in [2.05, 4.69) is 26.8 Å². The molecule has 2 aliphatic heterocycles. The average Bonchev–Trinajstić information content (AvgIpc) is 2.90. The number of carbonyl (C=O) groups excluding carboxylic acids is 1. The monoisotopic (exact) mass is 458 g/mol. The molecule has 2 fully saturated rings. The number of likely N-dealkylation sites (tertiary alicyclic amines) is 1. The van der Waals surface area contributed by atoms with Crippen LogP contribution < -0.4 is 9.64 Å². The van der Waals surface area contributed by atoms with Crippen LogP contribution in [0.1, 0.15) is 44.2 Å². The minimum atomic E-state index is -0.364. The van der Waals surface area contributed by atoms with E-state index >= 15 is 0 Å². The SMILES string of the molecule is CC1(C(=O)N2CCCC(c3cncc(Oc4ccccc4)n3)C2)CCN(c2ncccn2)CC1. The Morgan fingerprint density at radius 2 is 1.79 bits per heavy atom. The van der Waals surface area contributed by atoms with E-state index in [-0.39, 0.29) is 17.2 Å². The highest BCUT2D eigenvalue weighted by Gasteiger charge is 2.41. The van der Waals surface area contributed by atoms with Crippen LogP contribution in [0.5, 0.6) is 11.6 Å². The highest BCUT2D eigenvalue weighted by molar-refractivity contribution is 5.83. The molecule has 4 heterocycles. The van der Waals surface area contributed by atoms with Gasteiger partial charge in [-0.3, -0.25) is 9.78 Å². The van der Waals surface area contributed by atoms with Crippen LogP contribution in [0, 0.1) is 5.41 Å². The van der Waals surface area contributed by atoms with Crippen LogP contribution in [0.2, 0.25) is 0 Å². The highest BCUT2D eigenvalue weighted by Crippen LogP contribution is 2.36. The third kappa shape index (κ3) is 4.85. The molecule has 2 saturated heterocycles. The van der Waals surface area contributed by atoms with Crippen molar-refractivity contribution in [3.63, 3.8) is 0 Å². The number of rotatable bonds is 5. The summed E-state index contributed by atoms with van der Waals surface area (Å²) >= 11 is 0. The van der Waals surface area contributed by atoms with Gasteiger partial charge in [-0.05, 0) is 43.9 Å². The molecule has 0 radical (unpaired) electrons. The summed E-state index contributed by atoms with van der Waals surface area (Å²) in [6.07, 6.45) is 10.5. The van der Waals surface area contributed by atoms with Gasteiger partial charge < -0.3 is 14.5 Å². The lowest BCUT2D eigenvalue weighted by Crippen LogP contribution is -2.51. The summed E-state index contributed by atoms with van der Waals surface area (Å²) in [6.45, 7) is 5.14. The Hall–Kier alpha value is -3.55. The predicted octanol–water partition coefficient (Wildman–Crippen LogP) is 4.07. The van der Waals surface area contributed by atoms with E-state index in [0.717, 1.165) is 62.7 Å². The summed E-state index contributed by atoms with van der Waals surface area (Å²) in [4.78, 5) is 35.6. The van der Waals surface area contributed by atoms with Crippen molar-refractivity contribution in [3.05, 3.63) is 66.9 Å². The van der Waals surface area contributed by atoms with Crippen LogP contribution in [-0.2, 0) is 4.79 Å². The number of anilines is 1. The fourth-order valence-corrected chi connectivity index (χ4v) is 4.87. The number of hydrogen-bond acceptors (Lipinski definition) is 7. The lowest BCUT2D eigenvalue weighted by Gasteiger charge is -2.43. The maximum absolute atomic E-state index is 13.6. The Balaban J connectivity index is 1.23. The molecule has 1 aromatic carbocycles. The molecular weight excluding hydrogens is 428 g/mol. The van der Waals surface area contributed by atoms with Crippen LogP contribution >= 0.6 is 0 Å². The van der Waals surface area contributed by atoms with Gasteiger partial charge in [0.2, 0.25) is 17.7 Å². The molecule has 0 aliphatic carbocycles. The Kier molecular flexibility index (Phi) is 6.38. The normalized spacial score (nSPS) is 20.1. The number of ether oxygens (including phenoxy) is 1. The topological polar surface area (TPSA) is 84.3 Å². The number of piperidine rings is 2. The van der Waals surface area contributed by atoms with E-state index in [1.807, 2.05) is 41.3 Å². The molecule has 176 valence electrons. The van der Waals surface area contributed by atoms with Gasteiger partial charge in [0.25, 0.3) is 0 Å². The minimum Gasteiger partial charge on any atom is -0.437 e. The summed E-state index contributed by atoms with van der Waals surface area (Å²) in [5.74, 6) is 2.36. The molecule has 1 unspecified atom stereocenters. The molecule has 8 heteroatoms. The average molecular weight is 459 g/mol. The third-order valence-corrected chi connectivity index (χ3v) is 6.94. The summed E-state index contributed by atoms with van der Waals surface area (Å²) in [7, 11) is 0. The van der Waals surface area contributed by atoms with E-state index < -0.39 is 0 Å². The highest BCUT2D eigenvalue weighted by atomic mass is 16.5. The van der Waals surface area contributed by atoms with Crippen molar-refractivity contribution >= 4 is 11.9 Å². The van der Waals surface area contributed by atoms with Gasteiger partial charge in [-0.2, -0.15) is 0 Å². The Labute approximate surface area is 200 Å². The first-order valence-corrected chi connectivity index (χ1v) is 12.0. The van der Waals surface area contributed by atoms with Crippen molar-refractivity contribution in [2.75, 3.05) is 31.1 Å². The van der Waals surface area contributed by atoms with Gasteiger partial charge in [-0.15, -0.1) is 0 Å². The lowest BCUT2D eigenvalue weighted by atomic mass is 9.78. The Morgan fingerprint density at radius 1 is 1.03 bits per heavy atom. The molecule has 34 heavy (non-hydrogen) atoms. The number of benzene rings is 1. The molecule has 2 aromatic heterocycles. The van der Waals surface area contributed by atoms with E-state index in [1.165, 1.54) is 0 Å². The first-order chi connectivity index (χ1) is 16.6. The van der Waals surface area contributed by atoms with E-state index in [1.54, 1.807) is 24.8 Å². The second kappa shape index (κ2) is 9.75. The minimum absolute atomic E-state index is 0.158. The van der Waals surface area contributed by atoms with Gasteiger partial charge in [-0.1, -0.05) is 25.1 Å². The van der Waals surface area contributed by atoms with Crippen molar-refractivity contribution in [2.45, 2.75) is 38.5 Å². The molecule has 0 N–H and O–H groups in total. The third-order valence-electron chi connectivity index (χ3n) is 6.94. The van der Waals surface area contributed by atoms with Crippen molar-refractivity contribution in [3.8, 4) is 11.6 Å². The summed E-state index contributed by atoms with van der Waals surface area (Å²) in [6, 6.07) is 11.4. The van der Waals surface area contributed by atoms with E-state index in [0.29, 0.717) is 12.4 Å². The first kappa shape index (κ1) is 22.3. The first-order valence-electron chi connectivity index (χ1n) is 12.0. The van der Waals surface area contributed by atoms with Crippen LogP contribution in [0.3, 0.4) is 0 Å². The lowest BCUT2D eigenvalue weighted by molar-refractivity contribution is -0.143. The summed E-state index contributed by atoms with van der Waals surface area (Å²) in [5.41, 5.74) is 0.518. The molecule has 1 atom stereocenters. The quantitative estimate of drug-likeness (QED) is 0.570. The number of aromatic nitrogens is 4. The van der Waals surface area contributed by atoms with Gasteiger partial charge in [-0.25, -0.2) is 15.0 Å². The smallest absolute Gasteiger partial charge is 0.238 e. The van der Waals surface area contributed by atoms with Gasteiger partial charge in [0.15, 0.2) is 0 Å². The maximum Gasteiger partial charge on any atom is 0.238 e. The number of para-hydroxylation sites is 1. The summed E-state index contributed by atoms with van der Waals surface area (Å²) < 4.78 is 5.87. The molecule has 2 aliphatic rings. The maximum atomic E-state index is 13.6. The van der Waals surface area contributed by atoms with Gasteiger partial charge in [0.05, 0.1) is 11.9 Å².